The molecule has 0 amide bonds. The molecule has 0 unspecified atom stereocenters. The van der Waals surface area contributed by atoms with Gasteiger partial charge in [0.05, 0.1) is 0 Å². The van der Waals surface area contributed by atoms with Crippen molar-refractivity contribution in [2.75, 3.05) is 0 Å². The van der Waals surface area contributed by atoms with E-state index in [1.54, 1.807) is 0 Å². The first kappa shape index (κ1) is 15.9. The largest absolute Gasteiger partial charge is 0.361 e. The molecule has 0 aliphatic heterocycles. The zero-order valence-corrected chi connectivity index (χ0v) is 14.0. The molecular formula is C20H21NOS. The first-order valence-corrected chi connectivity index (χ1v) is 8.51. The van der Waals surface area contributed by atoms with Gasteiger partial charge in [-0.1, -0.05) is 30.3 Å². The Bertz CT molecular complexity index is 789. The number of aromatic nitrogens is 1. The highest BCUT2D eigenvalue weighted by Gasteiger charge is 2.01. The molecule has 1 aromatic heterocycles. The van der Waals surface area contributed by atoms with Crippen molar-refractivity contribution in [2.45, 2.75) is 32.1 Å². The summed E-state index contributed by atoms with van der Waals surface area (Å²) in [5, 5.41) is 1.20. The fourth-order valence-corrected chi connectivity index (χ4v) is 3.10. The third-order valence-corrected chi connectivity index (χ3v) is 4.34. The highest BCUT2D eigenvalue weighted by atomic mass is 32.1. The molecule has 0 saturated heterocycles. The van der Waals surface area contributed by atoms with Crippen molar-refractivity contribution in [1.29, 1.82) is 0 Å². The third-order valence-electron chi connectivity index (χ3n) is 4.18. The van der Waals surface area contributed by atoms with Crippen LogP contribution in [0, 0.1) is 0 Å². The second-order valence-corrected chi connectivity index (χ2v) is 6.49. The number of aromatic amines is 1. The predicted octanol–water partition coefficient (Wildman–Crippen LogP) is 4.73. The Morgan fingerprint density at radius 3 is 2.26 bits per heavy atom. The van der Waals surface area contributed by atoms with Gasteiger partial charge in [-0.2, -0.15) is 0 Å². The molecule has 0 aliphatic rings. The average Bonchev–Trinajstić information content (AvgIpc) is 3.00. The fraction of sp³-hybridized carbons (Fsp3) is 0.250. The molecule has 1 heterocycles. The third kappa shape index (κ3) is 4.49. The maximum atomic E-state index is 11.0. The number of aryl methyl sites for hydroxylation is 2. The van der Waals surface area contributed by atoms with Crippen molar-refractivity contribution in [3.8, 4) is 0 Å². The molecular weight excluding hydrogens is 302 g/mol. The van der Waals surface area contributed by atoms with Crippen LogP contribution in [0.1, 0.15) is 29.5 Å². The lowest BCUT2D eigenvalue weighted by molar-refractivity contribution is -0.110. The van der Waals surface area contributed by atoms with Gasteiger partial charge in [0.1, 0.15) is 0 Å². The molecule has 0 spiro atoms. The van der Waals surface area contributed by atoms with Gasteiger partial charge in [0.2, 0.25) is 0 Å². The van der Waals surface area contributed by atoms with E-state index in [2.05, 4.69) is 54.0 Å². The molecule has 118 valence electrons. The Labute approximate surface area is 142 Å². The van der Waals surface area contributed by atoms with Gasteiger partial charge < -0.3 is 4.98 Å². The number of rotatable bonds is 7. The zero-order valence-electron chi connectivity index (χ0n) is 13.1. The van der Waals surface area contributed by atoms with Crippen molar-refractivity contribution in [3.05, 3.63) is 71.4 Å². The van der Waals surface area contributed by atoms with Crippen molar-refractivity contribution < 1.29 is 4.79 Å². The first-order chi connectivity index (χ1) is 11.2. The summed E-state index contributed by atoms with van der Waals surface area (Å²) in [6.07, 6.45) is 6.96. The lowest BCUT2D eigenvalue weighted by atomic mass is 10.0. The number of thiol groups is 1. The van der Waals surface area contributed by atoms with E-state index >= 15 is 0 Å². The van der Waals surface area contributed by atoms with E-state index in [1.807, 2.05) is 18.3 Å². The van der Waals surface area contributed by atoms with Crippen LogP contribution in [0.4, 0.5) is 0 Å². The van der Waals surface area contributed by atoms with Crippen LogP contribution in [0.5, 0.6) is 0 Å². The molecule has 2 aromatic carbocycles. The molecule has 23 heavy (non-hydrogen) atoms. The summed E-state index contributed by atoms with van der Waals surface area (Å²) in [5.74, 6) is 0. The smallest absolute Gasteiger partial charge is 0.190 e. The molecule has 0 atom stereocenters. The molecule has 0 aliphatic carbocycles. The number of H-pyrrole nitrogens is 1. The van der Waals surface area contributed by atoms with Gasteiger partial charge >= 0.3 is 0 Å². The minimum Gasteiger partial charge on any atom is -0.361 e. The number of fused-ring (bicyclic) bond motifs is 1. The second kappa shape index (κ2) is 7.51. The second-order valence-electron chi connectivity index (χ2n) is 5.99. The monoisotopic (exact) mass is 323 g/mol. The highest BCUT2D eigenvalue weighted by Crippen LogP contribution is 2.16. The summed E-state index contributed by atoms with van der Waals surface area (Å²) in [4.78, 5) is 14.2. The summed E-state index contributed by atoms with van der Waals surface area (Å²) in [5.41, 5.74) is 4.98. The van der Waals surface area contributed by atoms with Gasteiger partial charge in [0, 0.05) is 18.1 Å². The van der Waals surface area contributed by atoms with Gasteiger partial charge in [0.15, 0.2) is 5.12 Å². The number of unbranched alkanes of at least 4 members (excludes halogenated alkanes) is 1. The van der Waals surface area contributed by atoms with E-state index in [-0.39, 0.29) is 5.12 Å². The Hall–Kier alpha value is -2.00. The Kier molecular flexibility index (Phi) is 5.19. The lowest BCUT2D eigenvalue weighted by Gasteiger charge is -2.04. The van der Waals surface area contributed by atoms with E-state index in [4.69, 9.17) is 0 Å². The van der Waals surface area contributed by atoms with Crippen LogP contribution in [-0.4, -0.2) is 10.1 Å². The van der Waals surface area contributed by atoms with Crippen LogP contribution in [0.25, 0.3) is 10.9 Å². The Balaban J connectivity index is 1.46. The van der Waals surface area contributed by atoms with Gasteiger partial charge in [-0.3, -0.25) is 4.79 Å². The number of benzene rings is 2. The van der Waals surface area contributed by atoms with Crippen LogP contribution < -0.4 is 0 Å². The van der Waals surface area contributed by atoms with E-state index < -0.39 is 0 Å². The summed E-state index contributed by atoms with van der Waals surface area (Å²) in [6, 6.07) is 17.1. The molecule has 3 heteroatoms. The summed E-state index contributed by atoms with van der Waals surface area (Å²) in [7, 11) is 0. The topological polar surface area (TPSA) is 32.9 Å². The molecule has 0 bridgehead atoms. The predicted molar refractivity (Wildman–Crippen MR) is 99.1 cm³/mol. The number of carbonyl (C=O) groups excluding carboxylic acids is 1. The van der Waals surface area contributed by atoms with Crippen LogP contribution in [0.2, 0.25) is 0 Å². The number of hydrogen-bond acceptors (Lipinski definition) is 1. The van der Waals surface area contributed by atoms with Crippen molar-refractivity contribution in [2.24, 2.45) is 0 Å². The van der Waals surface area contributed by atoms with E-state index in [1.165, 1.54) is 34.9 Å². The Morgan fingerprint density at radius 1 is 0.870 bits per heavy atom. The number of carbonyl (C=O) groups is 1. The molecule has 1 N–H and O–H groups in total. The lowest BCUT2D eigenvalue weighted by Crippen LogP contribution is -1.94. The molecule has 0 saturated carbocycles. The van der Waals surface area contributed by atoms with Crippen LogP contribution >= 0.6 is 12.6 Å². The molecule has 3 rings (SSSR count). The summed E-state index contributed by atoms with van der Waals surface area (Å²) >= 11 is 3.82. The molecule has 2 nitrogen and oxygen atoms in total. The minimum atomic E-state index is -0.0860. The van der Waals surface area contributed by atoms with Crippen molar-refractivity contribution in [1.82, 2.24) is 4.98 Å². The van der Waals surface area contributed by atoms with E-state index in [0.29, 0.717) is 6.42 Å². The number of nitrogens with one attached hydrogen (secondary N) is 1. The van der Waals surface area contributed by atoms with Gasteiger partial charge in [-0.05, 0) is 66.0 Å². The van der Waals surface area contributed by atoms with E-state index in [9.17, 15) is 4.79 Å². The van der Waals surface area contributed by atoms with E-state index in [0.717, 1.165) is 18.4 Å². The fourth-order valence-electron chi connectivity index (χ4n) is 2.91. The Morgan fingerprint density at radius 2 is 1.52 bits per heavy atom. The van der Waals surface area contributed by atoms with Gasteiger partial charge in [0.25, 0.3) is 0 Å². The SMILES string of the molecule is O=C(S)Cc1ccc(CCCCc2ccc3[nH]ccc3c2)cc1. The maximum Gasteiger partial charge on any atom is 0.190 e. The first-order valence-electron chi connectivity index (χ1n) is 8.06. The van der Waals surface area contributed by atoms with Gasteiger partial charge in [-0.25, -0.2) is 0 Å². The summed E-state index contributed by atoms with van der Waals surface area (Å²) in [6.45, 7) is 0. The molecule has 0 radical (unpaired) electrons. The maximum absolute atomic E-state index is 11.0. The number of hydrogen-bond donors (Lipinski definition) is 2. The van der Waals surface area contributed by atoms with Crippen LogP contribution in [0.3, 0.4) is 0 Å². The highest BCUT2D eigenvalue weighted by molar-refractivity contribution is 7.96. The zero-order chi connectivity index (χ0) is 16.1. The van der Waals surface area contributed by atoms with Crippen LogP contribution in [-0.2, 0) is 24.1 Å². The minimum absolute atomic E-state index is 0.0860. The standard InChI is InChI=1S/C20H21NOS/c22-20(23)14-17-7-5-15(6-8-17)3-1-2-4-16-9-10-19-18(13-16)11-12-21-19/h5-13,21H,1-4,14H2,(H,22,23). The molecule has 0 fully saturated rings. The summed E-state index contributed by atoms with van der Waals surface area (Å²) < 4.78 is 0. The van der Waals surface area contributed by atoms with Crippen LogP contribution in [0.15, 0.2) is 54.7 Å². The van der Waals surface area contributed by atoms with Crippen molar-refractivity contribution >= 4 is 28.6 Å². The quantitative estimate of drug-likeness (QED) is 0.478. The average molecular weight is 323 g/mol. The van der Waals surface area contributed by atoms with Crippen molar-refractivity contribution in [3.63, 3.8) is 0 Å². The normalized spacial score (nSPS) is 11.0. The van der Waals surface area contributed by atoms with Gasteiger partial charge in [-0.15, -0.1) is 12.6 Å². The molecule has 3 aromatic rings.